The second-order valence-corrected chi connectivity index (χ2v) is 2.45. The van der Waals surface area contributed by atoms with Gasteiger partial charge in [0.05, 0.1) is 0 Å². The van der Waals surface area contributed by atoms with Crippen LogP contribution in [0.15, 0.2) is 0 Å². The van der Waals surface area contributed by atoms with Crippen molar-refractivity contribution < 1.29 is 13.5 Å². The van der Waals surface area contributed by atoms with E-state index in [1.54, 1.807) is 0 Å². The molecular formula is C6H11F2NO. The maximum absolute atomic E-state index is 12.0. The van der Waals surface area contributed by atoms with E-state index in [1.807, 2.05) is 0 Å². The van der Waals surface area contributed by atoms with Gasteiger partial charge in [-0.1, -0.05) is 0 Å². The lowest BCUT2D eigenvalue weighted by Gasteiger charge is -2.14. The van der Waals surface area contributed by atoms with Gasteiger partial charge in [0.25, 0.3) is 6.43 Å². The molecule has 4 heteroatoms. The van der Waals surface area contributed by atoms with Crippen molar-refractivity contribution in [2.24, 2.45) is 11.7 Å². The van der Waals surface area contributed by atoms with Crippen molar-refractivity contribution in [3.05, 3.63) is 0 Å². The zero-order valence-corrected chi connectivity index (χ0v) is 5.59. The zero-order valence-electron chi connectivity index (χ0n) is 5.59. The number of hydrogen-bond donors (Lipinski definition) is 1. The van der Waals surface area contributed by atoms with Gasteiger partial charge in [-0.15, -0.1) is 0 Å². The van der Waals surface area contributed by atoms with Crippen LogP contribution in [-0.4, -0.2) is 25.7 Å². The highest BCUT2D eigenvalue weighted by Gasteiger charge is 2.34. The minimum atomic E-state index is -2.38. The van der Waals surface area contributed by atoms with Crippen LogP contribution in [-0.2, 0) is 4.74 Å². The van der Waals surface area contributed by atoms with Crippen LogP contribution in [0.5, 0.6) is 0 Å². The Morgan fingerprint density at radius 3 is 2.70 bits per heavy atom. The molecule has 0 radical (unpaired) electrons. The van der Waals surface area contributed by atoms with Gasteiger partial charge in [0.15, 0.2) is 0 Å². The molecule has 1 aliphatic rings. The van der Waals surface area contributed by atoms with Crippen LogP contribution < -0.4 is 5.73 Å². The molecule has 0 bridgehead atoms. The van der Waals surface area contributed by atoms with Crippen LogP contribution in [0.1, 0.15) is 6.42 Å². The molecule has 0 saturated carbocycles. The first-order chi connectivity index (χ1) is 4.75. The average molecular weight is 151 g/mol. The predicted molar refractivity (Wildman–Crippen MR) is 32.9 cm³/mol. The van der Waals surface area contributed by atoms with Gasteiger partial charge in [-0.05, 0) is 13.0 Å². The van der Waals surface area contributed by atoms with Gasteiger partial charge in [-0.3, -0.25) is 0 Å². The molecule has 1 rings (SSSR count). The summed E-state index contributed by atoms with van der Waals surface area (Å²) in [5.41, 5.74) is 5.25. The van der Waals surface area contributed by atoms with Crippen molar-refractivity contribution in [1.29, 1.82) is 0 Å². The molecule has 0 spiro atoms. The molecule has 0 aliphatic carbocycles. The summed E-state index contributed by atoms with van der Waals surface area (Å²) in [5.74, 6) is -0.139. The molecule has 1 aliphatic heterocycles. The zero-order chi connectivity index (χ0) is 7.56. The Hall–Kier alpha value is -0.220. The molecule has 0 aromatic carbocycles. The predicted octanol–water partition coefficient (Wildman–Crippen LogP) is 0.615. The molecule has 2 atom stereocenters. The fourth-order valence-corrected chi connectivity index (χ4v) is 1.19. The largest absolute Gasteiger partial charge is 0.372 e. The van der Waals surface area contributed by atoms with Crippen LogP contribution in [0, 0.1) is 5.92 Å². The molecule has 10 heavy (non-hydrogen) atoms. The Morgan fingerprint density at radius 1 is 1.60 bits per heavy atom. The van der Waals surface area contributed by atoms with Gasteiger partial charge in [0.1, 0.15) is 6.10 Å². The first kappa shape index (κ1) is 7.88. The smallest absolute Gasteiger partial charge is 0.264 e. The molecular weight excluding hydrogens is 140 g/mol. The second-order valence-electron chi connectivity index (χ2n) is 2.45. The van der Waals surface area contributed by atoms with E-state index in [2.05, 4.69) is 0 Å². The third-order valence-electron chi connectivity index (χ3n) is 1.81. The van der Waals surface area contributed by atoms with Crippen LogP contribution in [0.25, 0.3) is 0 Å². The van der Waals surface area contributed by atoms with Crippen molar-refractivity contribution >= 4 is 0 Å². The van der Waals surface area contributed by atoms with Crippen molar-refractivity contribution in [1.82, 2.24) is 0 Å². The van der Waals surface area contributed by atoms with E-state index in [9.17, 15) is 8.78 Å². The summed E-state index contributed by atoms with van der Waals surface area (Å²) in [4.78, 5) is 0. The fourth-order valence-electron chi connectivity index (χ4n) is 1.19. The molecule has 0 aromatic rings. The molecule has 1 saturated heterocycles. The number of hydrogen-bond acceptors (Lipinski definition) is 2. The molecule has 1 fully saturated rings. The summed E-state index contributed by atoms with van der Waals surface area (Å²) in [7, 11) is 0. The molecule has 2 N–H and O–H groups in total. The van der Waals surface area contributed by atoms with E-state index < -0.39 is 12.5 Å². The Kier molecular flexibility index (Phi) is 2.56. The normalized spacial score (nSPS) is 33.6. The standard InChI is InChI=1S/C6H11F2NO/c7-6(8)5-4(3-9)1-2-10-5/h4-6H,1-3,9H2/t4-,5+/m1/s1. The number of nitrogens with two attached hydrogens (primary N) is 1. The molecule has 0 unspecified atom stereocenters. The lowest BCUT2D eigenvalue weighted by Crippen LogP contribution is -2.29. The van der Waals surface area contributed by atoms with E-state index in [1.165, 1.54) is 0 Å². The molecule has 60 valence electrons. The fraction of sp³-hybridized carbons (Fsp3) is 1.00. The Labute approximate surface area is 58.3 Å². The highest BCUT2D eigenvalue weighted by Crippen LogP contribution is 2.24. The van der Waals surface area contributed by atoms with Gasteiger partial charge < -0.3 is 10.5 Å². The number of rotatable bonds is 2. The van der Waals surface area contributed by atoms with Gasteiger partial charge >= 0.3 is 0 Å². The Balaban J connectivity index is 2.42. The van der Waals surface area contributed by atoms with Crippen LogP contribution in [0.3, 0.4) is 0 Å². The van der Waals surface area contributed by atoms with Crippen LogP contribution >= 0.6 is 0 Å². The lowest BCUT2D eigenvalue weighted by atomic mass is 10.0. The molecule has 0 amide bonds. The van der Waals surface area contributed by atoms with E-state index >= 15 is 0 Å². The van der Waals surface area contributed by atoms with Gasteiger partial charge in [-0.25, -0.2) is 8.78 Å². The first-order valence-corrected chi connectivity index (χ1v) is 3.35. The number of halogens is 2. The SMILES string of the molecule is NC[C@H]1CCO[C@@H]1C(F)F. The second kappa shape index (κ2) is 3.25. The summed E-state index contributed by atoms with van der Waals surface area (Å²) in [6.45, 7) is 0.728. The summed E-state index contributed by atoms with van der Waals surface area (Å²) >= 11 is 0. The van der Waals surface area contributed by atoms with Crippen molar-refractivity contribution in [3.63, 3.8) is 0 Å². The summed E-state index contributed by atoms with van der Waals surface area (Å²) < 4.78 is 28.8. The minimum absolute atomic E-state index is 0.139. The van der Waals surface area contributed by atoms with E-state index in [-0.39, 0.29) is 5.92 Å². The summed E-state index contributed by atoms with van der Waals surface area (Å²) in [6.07, 6.45) is -2.62. The highest BCUT2D eigenvalue weighted by molar-refractivity contribution is 4.78. The highest BCUT2D eigenvalue weighted by atomic mass is 19.3. The Morgan fingerprint density at radius 2 is 2.30 bits per heavy atom. The number of ether oxygens (including phenoxy) is 1. The Bertz CT molecular complexity index is 110. The van der Waals surface area contributed by atoms with Crippen molar-refractivity contribution in [2.75, 3.05) is 13.2 Å². The molecule has 1 heterocycles. The molecule has 2 nitrogen and oxygen atoms in total. The average Bonchev–Trinajstić information content (AvgIpc) is 2.33. The third-order valence-corrected chi connectivity index (χ3v) is 1.81. The van der Waals surface area contributed by atoms with Gasteiger partial charge in [-0.2, -0.15) is 0 Å². The van der Waals surface area contributed by atoms with Crippen LogP contribution in [0.2, 0.25) is 0 Å². The van der Waals surface area contributed by atoms with Gasteiger partial charge in [0.2, 0.25) is 0 Å². The maximum Gasteiger partial charge on any atom is 0.264 e. The van der Waals surface area contributed by atoms with Gasteiger partial charge in [0, 0.05) is 12.5 Å². The van der Waals surface area contributed by atoms with E-state index in [0.29, 0.717) is 19.6 Å². The lowest BCUT2D eigenvalue weighted by molar-refractivity contribution is -0.0379. The van der Waals surface area contributed by atoms with Crippen LogP contribution in [0.4, 0.5) is 8.78 Å². The van der Waals surface area contributed by atoms with Crippen molar-refractivity contribution in [3.8, 4) is 0 Å². The summed E-state index contributed by atoms with van der Waals surface area (Å²) in [5, 5.41) is 0. The third kappa shape index (κ3) is 1.44. The van der Waals surface area contributed by atoms with E-state index in [4.69, 9.17) is 10.5 Å². The summed E-state index contributed by atoms with van der Waals surface area (Å²) in [6, 6.07) is 0. The first-order valence-electron chi connectivity index (χ1n) is 3.35. The maximum atomic E-state index is 12.0. The quantitative estimate of drug-likeness (QED) is 0.627. The minimum Gasteiger partial charge on any atom is -0.372 e. The van der Waals surface area contributed by atoms with E-state index in [0.717, 1.165) is 0 Å². The topological polar surface area (TPSA) is 35.2 Å². The monoisotopic (exact) mass is 151 g/mol. The van der Waals surface area contributed by atoms with Crippen molar-refractivity contribution in [2.45, 2.75) is 19.0 Å². The number of alkyl halides is 2. The molecule has 0 aromatic heterocycles.